The van der Waals surface area contributed by atoms with Crippen LogP contribution < -0.4 is 0 Å². The van der Waals surface area contributed by atoms with Crippen molar-refractivity contribution in [2.45, 2.75) is 31.8 Å². The van der Waals surface area contributed by atoms with Crippen LogP contribution in [0.3, 0.4) is 0 Å². The SMILES string of the molecule is C[Si](C)(C)CCOCOC[C@@H]1CO1. The Kier molecular flexibility index (Phi) is 4.38. The van der Waals surface area contributed by atoms with E-state index in [1.807, 2.05) is 0 Å². The van der Waals surface area contributed by atoms with E-state index in [-0.39, 0.29) is 0 Å². The van der Waals surface area contributed by atoms with Crippen LogP contribution in [0.15, 0.2) is 0 Å². The van der Waals surface area contributed by atoms with Crippen LogP contribution in [0.1, 0.15) is 0 Å². The van der Waals surface area contributed by atoms with Crippen molar-refractivity contribution in [1.82, 2.24) is 0 Å². The zero-order valence-corrected chi connectivity index (χ0v) is 9.84. The fraction of sp³-hybridized carbons (Fsp3) is 1.00. The highest BCUT2D eigenvalue weighted by molar-refractivity contribution is 6.76. The molecule has 1 saturated heterocycles. The molecule has 3 nitrogen and oxygen atoms in total. The molecule has 0 aromatic rings. The van der Waals surface area contributed by atoms with Gasteiger partial charge in [-0.05, 0) is 6.04 Å². The van der Waals surface area contributed by atoms with E-state index >= 15 is 0 Å². The Morgan fingerprint density at radius 3 is 2.54 bits per heavy atom. The molecule has 1 aliphatic heterocycles. The normalized spacial score (nSPS) is 21.9. The van der Waals surface area contributed by atoms with Crippen LogP contribution in [-0.2, 0) is 14.2 Å². The Morgan fingerprint density at radius 2 is 2.00 bits per heavy atom. The molecule has 1 rings (SSSR count). The highest BCUT2D eigenvalue weighted by Gasteiger charge is 2.22. The van der Waals surface area contributed by atoms with Gasteiger partial charge in [0.15, 0.2) is 0 Å². The van der Waals surface area contributed by atoms with Gasteiger partial charge in [0, 0.05) is 14.7 Å². The fourth-order valence-electron chi connectivity index (χ4n) is 0.840. The van der Waals surface area contributed by atoms with Crippen molar-refractivity contribution in [3.63, 3.8) is 0 Å². The van der Waals surface area contributed by atoms with Crippen LogP contribution in [-0.4, -0.2) is 40.8 Å². The zero-order valence-electron chi connectivity index (χ0n) is 8.84. The summed E-state index contributed by atoms with van der Waals surface area (Å²) in [5.74, 6) is 0. The van der Waals surface area contributed by atoms with E-state index in [0.29, 0.717) is 19.5 Å². The minimum absolute atomic E-state index is 0.348. The van der Waals surface area contributed by atoms with Gasteiger partial charge in [-0.25, -0.2) is 0 Å². The first kappa shape index (κ1) is 11.2. The van der Waals surface area contributed by atoms with Gasteiger partial charge < -0.3 is 14.2 Å². The van der Waals surface area contributed by atoms with E-state index in [9.17, 15) is 0 Å². The smallest absolute Gasteiger partial charge is 0.146 e. The molecule has 4 heteroatoms. The summed E-state index contributed by atoms with van der Waals surface area (Å²) >= 11 is 0. The molecule has 1 aliphatic rings. The first-order chi connectivity index (χ1) is 6.08. The van der Waals surface area contributed by atoms with Gasteiger partial charge >= 0.3 is 0 Å². The Bertz CT molecular complexity index is 140. The maximum Gasteiger partial charge on any atom is 0.146 e. The number of ether oxygens (including phenoxy) is 3. The molecule has 0 spiro atoms. The summed E-state index contributed by atoms with van der Waals surface area (Å²) in [6.07, 6.45) is 0.348. The van der Waals surface area contributed by atoms with Crippen molar-refractivity contribution in [2.24, 2.45) is 0 Å². The standard InChI is InChI=1S/C9H20O3Si/c1-13(2,3)5-4-10-8-11-6-9-7-12-9/h9H,4-8H2,1-3H3/t9-/m1/s1. The Hall–Kier alpha value is 0.0969. The Labute approximate surface area is 81.4 Å². The van der Waals surface area contributed by atoms with E-state index in [1.54, 1.807) is 0 Å². The maximum absolute atomic E-state index is 5.34. The molecule has 0 amide bonds. The van der Waals surface area contributed by atoms with Gasteiger partial charge in [-0.1, -0.05) is 19.6 Å². The van der Waals surface area contributed by atoms with Gasteiger partial charge in [0.05, 0.1) is 13.2 Å². The second-order valence-corrected chi connectivity index (χ2v) is 10.3. The van der Waals surface area contributed by atoms with Gasteiger partial charge in [-0.15, -0.1) is 0 Å². The maximum atomic E-state index is 5.34. The number of rotatable bonds is 7. The van der Waals surface area contributed by atoms with Gasteiger partial charge in [-0.3, -0.25) is 0 Å². The summed E-state index contributed by atoms with van der Waals surface area (Å²) in [6, 6.07) is 1.20. The van der Waals surface area contributed by atoms with Crippen LogP contribution in [0.5, 0.6) is 0 Å². The van der Waals surface area contributed by atoms with E-state index < -0.39 is 8.07 Å². The van der Waals surface area contributed by atoms with Crippen LogP contribution in [0.25, 0.3) is 0 Å². The summed E-state index contributed by atoms with van der Waals surface area (Å²) in [4.78, 5) is 0. The lowest BCUT2D eigenvalue weighted by atomic mass is 10.5. The molecule has 0 N–H and O–H groups in total. The second kappa shape index (κ2) is 5.10. The van der Waals surface area contributed by atoms with E-state index in [2.05, 4.69) is 19.6 Å². The molecule has 0 aliphatic carbocycles. The Balaban J connectivity index is 1.78. The molecule has 0 radical (unpaired) electrons. The highest BCUT2D eigenvalue weighted by Crippen LogP contribution is 2.09. The minimum Gasteiger partial charge on any atom is -0.371 e. The third-order valence-electron chi connectivity index (χ3n) is 1.87. The third-order valence-corrected chi connectivity index (χ3v) is 3.57. The third kappa shape index (κ3) is 7.19. The number of epoxide rings is 1. The molecule has 13 heavy (non-hydrogen) atoms. The molecule has 0 saturated carbocycles. The number of hydrogen-bond donors (Lipinski definition) is 0. The number of hydrogen-bond acceptors (Lipinski definition) is 3. The predicted molar refractivity (Wildman–Crippen MR) is 54.7 cm³/mol. The van der Waals surface area contributed by atoms with Gasteiger partial charge in [0.25, 0.3) is 0 Å². The summed E-state index contributed by atoms with van der Waals surface area (Å²) in [7, 11) is -0.932. The van der Waals surface area contributed by atoms with Crippen molar-refractivity contribution in [2.75, 3.05) is 26.6 Å². The van der Waals surface area contributed by atoms with Gasteiger partial charge in [0.1, 0.15) is 12.9 Å². The molecular weight excluding hydrogens is 184 g/mol. The van der Waals surface area contributed by atoms with E-state index in [4.69, 9.17) is 14.2 Å². The largest absolute Gasteiger partial charge is 0.371 e. The van der Waals surface area contributed by atoms with Gasteiger partial charge in [0.2, 0.25) is 0 Å². The lowest BCUT2D eigenvalue weighted by molar-refractivity contribution is -0.0533. The van der Waals surface area contributed by atoms with Crippen LogP contribution in [0, 0.1) is 0 Å². The monoisotopic (exact) mass is 204 g/mol. The predicted octanol–water partition coefficient (Wildman–Crippen LogP) is 1.71. The lowest BCUT2D eigenvalue weighted by Gasteiger charge is -2.15. The quantitative estimate of drug-likeness (QED) is 0.274. The lowest BCUT2D eigenvalue weighted by Crippen LogP contribution is -2.22. The van der Waals surface area contributed by atoms with Gasteiger partial charge in [-0.2, -0.15) is 0 Å². The van der Waals surface area contributed by atoms with Crippen molar-refractivity contribution in [3.8, 4) is 0 Å². The minimum atomic E-state index is -0.932. The van der Waals surface area contributed by atoms with Crippen molar-refractivity contribution >= 4 is 8.07 Å². The highest BCUT2D eigenvalue weighted by atomic mass is 28.3. The molecule has 0 aromatic heterocycles. The van der Waals surface area contributed by atoms with Crippen LogP contribution in [0.4, 0.5) is 0 Å². The molecule has 0 unspecified atom stereocenters. The molecule has 1 fully saturated rings. The first-order valence-electron chi connectivity index (χ1n) is 4.85. The van der Waals surface area contributed by atoms with E-state index in [0.717, 1.165) is 13.2 Å². The summed E-state index contributed by atoms with van der Waals surface area (Å²) in [5, 5.41) is 0. The fourth-order valence-corrected chi connectivity index (χ4v) is 1.60. The molecule has 1 atom stereocenters. The van der Waals surface area contributed by atoms with Crippen molar-refractivity contribution < 1.29 is 14.2 Å². The molecular formula is C9H20O3Si. The van der Waals surface area contributed by atoms with Crippen LogP contribution in [0.2, 0.25) is 25.7 Å². The topological polar surface area (TPSA) is 31.0 Å². The average Bonchev–Trinajstić information content (AvgIpc) is 2.77. The zero-order chi connectivity index (χ0) is 9.73. The first-order valence-corrected chi connectivity index (χ1v) is 8.56. The van der Waals surface area contributed by atoms with E-state index in [1.165, 1.54) is 6.04 Å². The van der Waals surface area contributed by atoms with Crippen LogP contribution >= 0.6 is 0 Å². The molecule has 1 heterocycles. The summed E-state index contributed by atoms with van der Waals surface area (Å²) in [5.41, 5.74) is 0. The average molecular weight is 204 g/mol. The molecule has 0 bridgehead atoms. The summed E-state index contributed by atoms with van der Waals surface area (Å²) < 4.78 is 15.6. The van der Waals surface area contributed by atoms with Crippen molar-refractivity contribution in [3.05, 3.63) is 0 Å². The Morgan fingerprint density at radius 1 is 1.31 bits per heavy atom. The summed E-state index contributed by atoms with van der Waals surface area (Å²) in [6.45, 7) is 9.83. The molecule has 78 valence electrons. The van der Waals surface area contributed by atoms with Crippen molar-refractivity contribution in [1.29, 1.82) is 0 Å². The second-order valence-electron chi connectivity index (χ2n) is 4.66. The molecule has 0 aromatic carbocycles.